The van der Waals surface area contributed by atoms with E-state index in [-0.39, 0.29) is 0 Å². The highest BCUT2D eigenvalue weighted by Crippen LogP contribution is 2.02. The van der Waals surface area contributed by atoms with Gasteiger partial charge in [0.15, 0.2) is 0 Å². The van der Waals surface area contributed by atoms with Crippen molar-refractivity contribution in [2.75, 3.05) is 5.88 Å². The van der Waals surface area contributed by atoms with E-state index in [4.69, 9.17) is 11.6 Å². The molecular formula is C9H13ClN2. The zero-order chi connectivity index (χ0) is 8.81. The van der Waals surface area contributed by atoms with Crippen LogP contribution in [0.3, 0.4) is 0 Å². The van der Waals surface area contributed by atoms with Crippen molar-refractivity contribution in [3.8, 4) is 0 Å². The Kier molecular flexibility index (Phi) is 3.88. The number of aromatic nitrogens is 2. The number of alkyl halides is 1. The summed E-state index contributed by atoms with van der Waals surface area (Å²) in [6, 6.07) is 1.98. The molecule has 1 rings (SSSR count). The molecule has 0 spiro atoms. The molecule has 1 aromatic rings. The number of allylic oxidation sites excluding steroid dienone is 1. The first kappa shape index (κ1) is 9.33. The minimum absolute atomic E-state index is 0.553. The van der Waals surface area contributed by atoms with Crippen LogP contribution in [0.4, 0.5) is 0 Å². The highest BCUT2D eigenvalue weighted by molar-refractivity contribution is 6.19. The lowest BCUT2D eigenvalue weighted by molar-refractivity contribution is 0.598. The third-order valence-electron chi connectivity index (χ3n) is 1.56. The molecule has 0 aliphatic heterocycles. The molecule has 0 saturated carbocycles. The molecule has 1 heterocycles. The van der Waals surface area contributed by atoms with E-state index in [9.17, 15) is 0 Å². The monoisotopic (exact) mass is 184 g/mol. The topological polar surface area (TPSA) is 17.8 Å². The SMILES string of the molecule is CCCn1nccc1/C=C/CCl. The highest BCUT2D eigenvalue weighted by atomic mass is 35.5. The van der Waals surface area contributed by atoms with Crippen molar-refractivity contribution < 1.29 is 0 Å². The van der Waals surface area contributed by atoms with E-state index in [0.717, 1.165) is 18.7 Å². The maximum atomic E-state index is 5.53. The van der Waals surface area contributed by atoms with Crippen LogP contribution in [-0.4, -0.2) is 15.7 Å². The van der Waals surface area contributed by atoms with Gasteiger partial charge >= 0.3 is 0 Å². The van der Waals surface area contributed by atoms with Crippen LogP contribution in [-0.2, 0) is 6.54 Å². The summed E-state index contributed by atoms with van der Waals surface area (Å²) in [5.74, 6) is 0.553. The zero-order valence-electron chi connectivity index (χ0n) is 7.20. The van der Waals surface area contributed by atoms with Gasteiger partial charge in [-0.25, -0.2) is 0 Å². The van der Waals surface area contributed by atoms with Crippen LogP contribution < -0.4 is 0 Å². The molecule has 0 aliphatic rings. The first-order valence-corrected chi connectivity index (χ1v) is 4.66. The molecule has 0 fully saturated rings. The normalized spacial score (nSPS) is 11.2. The minimum atomic E-state index is 0.553. The van der Waals surface area contributed by atoms with Crippen molar-refractivity contribution in [1.29, 1.82) is 0 Å². The molecule has 12 heavy (non-hydrogen) atoms. The van der Waals surface area contributed by atoms with Gasteiger partial charge in [-0.15, -0.1) is 11.6 Å². The number of aryl methyl sites for hydroxylation is 1. The Morgan fingerprint density at radius 1 is 1.67 bits per heavy atom. The van der Waals surface area contributed by atoms with Gasteiger partial charge in [0, 0.05) is 18.6 Å². The van der Waals surface area contributed by atoms with Gasteiger partial charge in [-0.05, 0) is 18.6 Å². The van der Waals surface area contributed by atoms with E-state index < -0.39 is 0 Å². The molecule has 0 aromatic carbocycles. The van der Waals surface area contributed by atoms with Gasteiger partial charge in [0.05, 0.1) is 5.69 Å². The van der Waals surface area contributed by atoms with Gasteiger partial charge in [0.1, 0.15) is 0 Å². The molecule has 0 unspecified atom stereocenters. The number of rotatable bonds is 4. The molecule has 0 aliphatic carbocycles. The quantitative estimate of drug-likeness (QED) is 0.658. The lowest BCUT2D eigenvalue weighted by Gasteiger charge is -2.00. The number of halogens is 1. The van der Waals surface area contributed by atoms with E-state index in [1.165, 1.54) is 0 Å². The second-order valence-corrected chi connectivity index (χ2v) is 2.84. The summed E-state index contributed by atoms with van der Waals surface area (Å²) in [5, 5.41) is 4.18. The zero-order valence-corrected chi connectivity index (χ0v) is 7.96. The summed E-state index contributed by atoms with van der Waals surface area (Å²) >= 11 is 5.53. The van der Waals surface area contributed by atoms with E-state index in [0.29, 0.717) is 5.88 Å². The molecule has 0 amide bonds. The molecule has 0 radical (unpaired) electrons. The van der Waals surface area contributed by atoms with E-state index >= 15 is 0 Å². The first-order valence-electron chi connectivity index (χ1n) is 4.12. The van der Waals surface area contributed by atoms with E-state index in [1.54, 1.807) is 0 Å². The van der Waals surface area contributed by atoms with E-state index in [1.807, 2.05) is 29.1 Å². The largest absolute Gasteiger partial charge is 0.266 e. The molecule has 0 N–H and O–H groups in total. The Hall–Kier alpha value is -0.760. The fourth-order valence-corrected chi connectivity index (χ4v) is 1.14. The van der Waals surface area contributed by atoms with Crippen molar-refractivity contribution in [2.45, 2.75) is 19.9 Å². The molecular weight excluding hydrogens is 172 g/mol. The van der Waals surface area contributed by atoms with Crippen molar-refractivity contribution in [1.82, 2.24) is 9.78 Å². The second-order valence-electron chi connectivity index (χ2n) is 2.54. The summed E-state index contributed by atoms with van der Waals surface area (Å²) in [6.07, 6.45) is 6.83. The van der Waals surface area contributed by atoms with Gasteiger partial charge in [-0.3, -0.25) is 4.68 Å². The summed E-state index contributed by atoms with van der Waals surface area (Å²) in [4.78, 5) is 0. The average molecular weight is 185 g/mol. The number of hydrogen-bond acceptors (Lipinski definition) is 1. The Morgan fingerprint density at radius 3 is 3.17 bits per heavy atom. The Labute approximate surface area is 77.8 Å². The van der Waals surface area contributed by atoms with Gasteiger partial charge in [0.2, 0.25) is 0 Å². The fraction of sp³-hybridized carbons (Fsp3) is 0.444. The number of nitrogens with zero attached hydrogens (tertiary/aromatic N) is 2. The van der Waals surface area contributed by atoms with Gasteiger partial charge in [0.25, 0.3) is 0 Å². The van der Waals surface area contributed by atoms with Gasteiger partial charge in [-0.1, -0.05) is 13.0 Å². The second kappa shape index (κ2) is 4.99. The van der Waals surface area contributed by atoms with Crippen LogP contribution in [0, 0.1) is 0 Å². The Morgan fingerprint density at radius 2 is 2.50 bits per heavy atom. The average Bonchev–Trinajstić information content (AvgIpc) is 2.50. The van der Waals surface area contributed by atoms with Crippen molar-refractivity contribution in [3.05, 3.63) is 24.0 Å². The van der Waals surface area contributed by atoms with Crippen molar-refractivity contribution in [2.24, 2.45) is 0 Å². The molecule has 0 atom stereocenters. The van der Waals surface area contributed by atoms with Crippen LogP contribution in [0.2, 0.25) is 0 Å². The smallest absolute Gasteiger partial charge is 0.0607 e. The maximum absolute atomic E-state index is 5.53. The summed E-state index contributed by atoms with van der Waals surface area (Å²) < 4.78 is 1.98. The molecule has 2 nitrogen and oxygen atoms in total. The summed E-state index contributed by atoms with van der Waals surface area (Å²) in [5.41, 5.74) is 1.12. The predicted molar refractivity (Wildman–Crippen MR) is 52.3 cm³/mol. The van der Waals surface area contributed by atoms with E-state index in [2.05, 4.69) is 12.0 Å². The van der Waals surface area contributed by atoms with Crippen LogP contribution in [0.15, 0.2) is 18.3 Å². The molecule has 3 heteroatoms. The van der Waals surface area contributed by atoms with Gasteiger partial charge < -0.3 is 0 Å². The number of hydrogen-bond donors (Lipinski definition) is 0. The van der Waals surface area contributed by atoms with Crippen LogP contribution >= 0.6 is 11.6 Å². The Balaban J connectivity index is 2.69. The summed E-state index contributed by atoms with van der Waals surface area (Å²) in [7, 11) is 0. The van der Waals surface area contributed by atoms with Crippen LogP contribution in [0.5, 0.6) is 0 Å². The minimum Gasteiger partial charge on any atom is -0.266 e. The van der Waals surface area contributed by atoms with Crippen molar-refractivity contribution >= 4 is 17.7 Å². The standard InChI is InChI=1S/C9H13ClN2/c1-2-8-12-9(4-3-6-10)5-7-11-12/h3-5,7H,2,6,8H2,1H3/b4-3+. The fourth-order valence-electron chi connectivity index (χ4n) is 1.05. The molecule has 0 bridgehead atoms. The summed E-state index contributed by atoms with van der Waals surface area (Å²) in [6.45, 7) is 3.10. The third-order valence-corrected chi connectivity index (χ3v) is 1.74. The van der Waals surface area contributed by atoms with Gasteiger partial charge in [-0.2, -0.15) is 5.10 Å². The highest BCUT2D eigenvalue weighted by Gasteiger charge is 1.95. The molecule has 66 valence electrons. The Bertz CT molecular complexity index is 253. The van der Waals surface area contributed by atoms with Crippen molar-refractivity contribution in [3.63, 3.8) is 0 Å². The maximum Gasteiger partial charge on any atom is 0.0607 e. The van der Waals surface area contributed by atoms with Crippen LogP contribution in [0.1, 0.15) is 19.0 Å². The lowest BCUT2D eigenvalue weighted by Crippen LogP contribution is -2.00. The molecule has 0 saturated heterocycles. The van der Waals surface area contributed by atoms with Crippen LogP contribution in [0.25, 0.3) is 6.08 Å². The molecule has 1 aromatic heterocycles. The first-order chi connectivity index (χ1) is 5.88. The third kappa shape index (κ3) is 2.38. The lowest BCUT2D eigenvalue weighted by atomic mass is 10.3. The predicted octanol–water partition coefficient (Wildman–Crippen LogP) is 2.55.